The first-order valence-electron chi connectivity index (χ1n) is 7.47. The van der Waals surface area contributed by atoms with E-state index < -0.39 is 0 Å². The van der Waals surface area contributed by atoms with Crippen LogP contribution in [0.25, 0.3) is 0 Å². The molecular formula is C15H25N5. The molecule has 0 aliphatic carbocycles. The maximum Gasteiger partial charge on any atom is 0.148 e. The molecule has 0 aliphatic rings. The lowest BCUT2D eigenvalue weighted by atomic mass is 10.2. The van der Waals surface area contributed by atoms with Crippen LogP contribution in [0.2, 0.25) is 0 Å². The number of nitrogens with zero attached hydrogens (tertiary/aromatic N) is 4. The summed E-state index contributed by atoms with van der Waals surface area (Å²) in [6.07, 6.45) is 6.06. The summed E-state index contributed by atoms with van der Waals surface area (Å²) in [4.78, 5) is 0. The molecule has 0 radical (unpaired) electrons. The smallest absolute Gasteiger partial charge is 0.148 e. The molecule has 5 heteroatoms. The summed E-state index contributed by atoms with van der Waals surface area (Å²) in [7, 11) is 0. The molecule has 2 atom stereocenters. The van der Waals surface area contributed by atoms with Crippen molar-refractivity contribution in [3.8, 4) is 0 Å². The van der Waals surface area contributed by atoms with Crippen LogP contribution in [0.15, 0.2) is 24.5 Å². The number of hydrogen-bond acceptors (Lipinski definition) is 3. The zero-order valence-corrected chi connectivity index (χ0v) is 12.9. The normalized spacial score (nSPS) is 14.2. The van der Waals surface area contributed by atoms with Gasteiger partial charge in [-0.05, 0) is 32.8 Å². The highest BCUT2D eigenvalue weighted by molar-refractivity contribution is 5.33. The van der Waals surface area contributed by atoms with E-state index in [4.69, 9.17) is 0 Å². The monoisotopic (exact) mass is 275 g/mol. The van der Waals surface area contributed by atoms with Crippen molar-refractivity contribution < 1.29 is 0 Å². The second kappa shape index (κ2) is 6.59. The third kappa shape index (κ3) is 3.21. The zero-order chi connectivity index (χ0) is 14.5. The van der Waals surface area contributed by atoms with Crippen molar-refractivity contribution in [2.24, 2.45) is 0 Å². The Kier molecular flexibility index (Phi) is 4.82. The lowest BCUT2D eigenvalue weighted by Crippen LogP contribution is -2.13. The molecule has 1 N–H and O–H groups in total. The molecule has 2 heterocycles. The van der Waals surface area contributed by atoms with Gasteiger partial charge < -0.3 is 5.32 Å². The minimum Gasteiger partial charge on any atom is -0.363 e. The summed E-state index contributed by atoms with van der Waals surface area (Å²) < 4.78 is 4.09. The summed E-state index contributed by atoms with van der Waals surface area (Å²) in [5.41, 5.74) is 1.19. The van der Waals surface area contributed by atoms with Gasteiger partial charge in [0.1, 0.15) is 5.82 Å². The lowest BCUT2D eigenvalue weighted by Gasteiger charge is -2.14. The third-order valence-electron chi connectivity index (χ3n) is 3.86. The van der Waals surface area contributed by atoms with Crippen molar-refractivity contribution in [1.82, 2.24) is 19.6 Å². The fourth-order valence-corrected chi connectivity index (χ4v) is 2.10. The lowest BCUT2D eigenvalue weighted by molar-refractivity contribution is 0.462. The number of anilines is 1. The first-order valence-corrected chi connectivity index (χ1v) is 7.47. The summed E-state index contributed by atoms with van der Waals surface area (Å²) in [5.74, 6) is 0.919. The first-order chi connectivity index (χ1) is 9.65. The quantitative estimate of drug-likeness (QED) is 0.839. The Morgan fingerprint density at radius 2 is 1.90 bits per heavy atom. The molecular weight excluding hydrogens is 250 g/mol. The maximum absolute atomic E-state index is 4.55. The average Bonchev–Trinajstić information content (AvgIpc) is 3.12. The van der Waals surface area contributed by atoms with Crippen molar-refractivity contribution in [1.29, 1.82) is 0 Å². The van der Waals surface area contributed by atoms with E-state index in [9.17, 15) is 0 Å². The standard InChI is InChI=1S/C15H25N5/c1-5-12(3)19-10-8-15(18-19)16-11-14-7-9-17-20(14)13(4)6-2/h7-10,12-13H,5-6,11H2,1-4H3,(H,16,18)/t12-,13+/m1/s1. The van der Waals surface area contributed by atoms with E-state index in [0.29, 0.717) is 12.1 Å². The van der Waals surface area contributed by atoms with E-state index >= 15 is 0 Å². The minimum atomic E-state index is 0.430. The van der Waals surface area contributed by atoms with E-state index in [1.165, 1.54) is 5.69 Å². The van der Waals surface area contributed by atoms with E-state index in [1.807, 2.05) is 23.1 Å². The SMILES string of the molecule is CC[C@@H](C)n1ccc(NCc2ccnn2[C@@H](C)CC)n1. The predicted octanol–water partition coefficient (Wildman–Crippen LogP) is 3.63. The molecule has 0 amide bonds. The number of rotatable bonds is 7. The summed E-state index contributed by atoms with van der Waals surface area (Å²) >= 11 is 0. The molecule has 20 heavy (non-hydrogen) atoms. The Morgan fingerprint density at radius 3 is 2.60 bits per heavy atom. The van der Waals surface area contributed by atoms with Gasteiger partial charge in [-0.25, -0.2) is 0 Å². The highest BCUT2D eigenvalue weighted by Gasteiger charge is 2.09. The topological polar surface area (TPSA) is 47.7 Å². The molecule has 0 saturated heterocycles. The van der Waals surface area contributed by atoms with Crippen LogP contribution in [0.5, 0.6) is 0 Å². The van der Waals surface area contributed by atoms with Crippen LogP contribution in [-0.2, 0) is 6.54 Å². The summed E-state index contributed by atoms with van der Waals surface area (Å²) in [6.45, 7) is 9.46. The van der Waals surface area contributed by atoms with Gasteiger partial charge in [0.2, 0.25) is 0 Å². The zero-order valence-electron chi connectivity index (χ0n) is 12.9. The van der Waals surface area contributed by atoms with Crippen molar-refractivity contribution >= 4 is 5.82 Å². The Hall–Kier alpha value is -1.78. The first kappa shape index (κ1) is 14.6. The van der Waals surface area contributed by atoms with Gasteiger partial charge in [-0.2, -0.15) is 10.2 Å². The highest BCUT2D eigenvalue weighted by Crippen LogP contribution is 2.15. The Bertz CT molecular complexity index is 528. The van der Waals surface area contributed by atoms with Gasteiger partial charge in [0.25, 0.3) is 0 Å². The van der Waals surface area contributed by atoms with Crippen LogP contribution in [0.1, 0.15) is 58.3 Å². The fourth-order valence-electron chi connectivity index (χ4n) is 2.10. The molecule has 5 nitrogen and oxygen atoms in total. The van der Waals surface area contributed by atoms with Gasteiger partial charge in [-0.3, -0.25) is 9.36 Å². The van der Waals surface area contributed by atoms with Crippen LogP contribution in [0.4, 0.5) is 5.82 Å². The number of nitrogens with one attached hydrogen (secondary N) is 1. The molecule has 0 aliphatic heterocycles. The van der Waals surface area contributed by atoms with E-state index in [2.05, 4.69) is 54.0 Å². The molecule has 0 fully saturated rings. The van der Waals surface area contributed by atoms with Gasteiger partial charge in [0, 0.05) is 30.5 Å². The molecule has 0 unspecified atom stereocenters. The van der Waals surface area contributed by atoms with Gasteiger partial charge >= 0.3 is 0 Å². The van der Waals surface area contributed by atoms with Crippen LogP contribution in [0, 0.1) is 0 Å². The Balaban J connectivity index is 1.99. The third-order valence-corrected chi connectivity index (χ3v) is 3.86. The summed E-state index contributed by atoms with van der Waals surface area (Å²) in [6, 6.07) is 4.96. The Labute approximate surface area is 121 Å². The van der Waals surface area contributed by atoms with Gasteiger partial charge in [-0.15, -0.1) is 0 Å². The second-order valence-corrected chi connectivity index (χ2v) is 5.32. The predicted molar refractivity (Wildman–Crippen MR) is 81.8 cm³/mol. The average molecular weight is 275 g/mol. The molecule has 110 valence electrons. The molecule has 0 bridgehead atoms. The van der Waals surface area contributed by atoms with Crippen molar-refractivity contribution in [3.63, 3.8) is 0 Å². The van der Waals surface area contributed by atoms with Gasteiger partial charge in [0.15, 0.2) is 0 Å². The molecule has 0 aromatic carbocycles. The van der Waals surface area contributed by atoms with Crippen molar-refractivity contribution in [2.75, 3.05) is 5.32 Å². The van der Waals surface area contributed by atoms with Crippen LogP contribution in [-0.4, -0.2) is 19.6 Å². The van der Waals surface area contributed by atoms with E-state index in [1.54, 1.807) is 0 Å². The molecule has 0 saturated carbocycles. The largest absolute Gasteiger partial charge is 0.363 e. The van der Waals surface area contributed by atoms with Crippen molar-refractivity contribution in [2.45, 2.75) is 59.2 Å². The number of aromatic nitrogens is 4. The Morgan fingerprint density at radius 1 is 1.15 bits per heavy atom. The summed E-state index contributed by atoms with van der Waals surface area (Å²) in [5, 5.41) is 12.3. The van der Waals surface area contributed by atoms with E-state index in [0.717, 1.165) is 25.2 Å². The fraction of sp³-hybridized carbons (Fsp3) is 0.600. The highest BCUT2D eigenvalue weighted by atomic mass is 15.3. The molecule has 2 rings (SSSR count). The van der Waals surface area contributed by atoms with E-state index in [-0.39, 0.29) is 0 Å². The molecule has 0 spiro atoms. The minimum absolute atomic E-state index is 0.430. The van der Waals surface area contributed by atoms with Crippen LogP contribution < -0.4 is 5.32 Å². The van der Waals surface area contributed by atoms with Gasteiger partial charge in [-0.1, -0.05) is 13.8 Å². The van der Waals surface area contributed by atoms with Crippen molar-refractivity contribution in [3.05, 3.63) is 30.2 Å². The maximum atomic E-state index is 4.55. The van der Waals surface area contributed by atoms with Crippen LogP contribution >= 0.6 is 0 Å². The number of hydrogen-bond donors (Lipinski definition) is 1. The second-order valence-electron chi connectivity index (χ2n) is 5.32. The molecule has 2 aromatic rings. The van der Waals surface area contributed by atoms with Crippen LogP contribution in [0.3, 0.4) is 0 Å². The van der Waals surface area contributed by atoms with Gasteiger partial charge in [0.05, 0.1) is 12.2 Å². The molecule has 2 aromatic heterocycles.